The van der Waals surface area contributed by atoms with E-state index in [-0.39, 0.29) is 18.7 Å². The van der Waals surface area contributed by atoms with Gasteiger partial charge in [0.2, 0.25) is 0 Å². The number of hydrogen-bond acceptors (Lipinski definition) is 5. The van der Waals surface area contributed by atoms with Crippen LogP contribution in [0.5, 0.6) is 0 Å². The third-order valence-corrected chi connectivity index (χ3v) is 9.81. The Morgan fingerprint density at radius 1 is 0.652 bits per heavy atom. The van der Waals surface area contributed by atoms with Crippen LogP contribution in [0.15, 0.2) is 12.3 Å². The van der Waals surface area contributed by atoms with Crippen LogP contribution in [-0.2, 0) is 14.3 Å². The van der Waals surface area contributed by atoms with E-state index in [0.717, 1.165) is 57.5 Å². The molecule has 46 heavy (non-hydrogen) atoms. The predicted octanol–water partition coefficient (Wildman–Crippen LogP) is 11.7. The maximum absolute atomic E-state index is 12.5. The monoisotopic (exact) mass is 650 g/mol. The number of nitrogens with zero attached hydrogens (tertiary/aromatic N) is 1. The summed E-state index contributed by atoms with van der Waals surface area (Å²) in [6.45, 7) is 14.0. The van der Waals surface area contributed by atoms with Gasteiger partial charge in [-0.1, -0.05) is 123 Å². The molecule has 272 valence electrons. The second-order valence-corrected chi connectivity index (χ2v) is 14.5. The van der Waals surface area contributed by atoms with Crippen molar-refractivity contribution in [3.05, 3.63) is 12.3 Å². The van der Waals surface area contributed by atoms with Crippen LogP contribution in [0, 0.1) is 5.92 Å². The highest BCUT2D eigenvalue weighted by Crippen LogP contribution is 2.37. The van der Waals surface area contributed by atoms with Crippen LogP contribution in [0.2, 0.25) is 0 Å². The molecule has 0 bridgehead atoms. The van der Waals surface area contributed by atoms with Gasteiger partial charge in [0.15, 0.2) is 0 Å². The fourth-order valence-corrected chi connectivity index (χ4v) is 6.63. The van der Waals surface area contributed by atoms with Crippen LogP contribution in [0.3, 0.4) is 0 Å². The first-order valence-electron chi connectivity index (χ1n) is 20.4. The smallest absolute Gasteiger partial charge is 0.306 e. The molecule has 1 fully saturated rings. The molecule has 2 atom stereocenters. The van der Waals surface area contributed by atoms with Gasteiger partial charge >= 0.3 is 5.97 Å². The molecule has 1 saturated carbocycles. The van der Waals surface area contributed by atoms with E-state index in [0.29, 0.717) is 18.4 Å². The van der Waals surface area contributed by atoms with Crippen LogP contribution in [0.4, 0.5) is 0 Å². The number of unbranched alkanes of at least 4 members (excludes halogenated alkanes) is 18. The zero-order chi connectivity index (χ0) is 33.5. The Balaban J connectivity index is 1.99. The predicted molar refractivity (Wildman–Crippen MR) is 197 cm³/mol. The summed E-state index contributed by atoms with van der Waals surface area (Å²) < 4.78 is 12.0. The number of hydrogen-bond donors (Lipinski definition) is 1. The molecule has 0 heterocycles. The van der Waals surface area contributed by atoms with E-state index in [1.54, 1.807) is 0 Å². The maximum atomic E-state index is 12.5. The molecule has 2 unspecified atom stereocenters. The minimum absolute atomic E-state index is 0.0312. The molecule has 0 radical (unpaired) electrons. The molecule has 1 aliphatic carbocycles. The molecule has 1 N–H and O–H groups in total. The number of aliphatic hydroxyl groups is 1. The van der Waals surface area contributed by atoms with Gasteiger partial charge < -0.3 is 19.5 Å². The minimum Gasteiger partial charge on any atom is -0.496 e. The molecule has 0 aromatic rings. The third kappa shape index (κ3) is 26.9. The lowest BCUT2D eigenvalue weighted by molar-refractivity contribution is -0.150. The lowest BCUT2D eigenvalue weighted by atomic mass is 10.0. The molecule has 0 aromatic carbocycles. The first-order valence-corrected chi connectivity index (χ1v) is 20.4. The fraction of sp³-hybridized carbons (Fsp3) is 0.927. The van der Waals surface area contributed by atoms with Crippen LogP contribution in [-0.4, -0.2) is 54.4 Å². The Bertz CT molecular complexity index is 694. The lowest BCUT2D eigenvalue weighted by Crippen LogP contribution is -2.29. The van der Waals surface area contributed by atoms with Crippen LogP contribution in [0.1, 0.15) is 201 Å². The Hall–Kier alpha value is -1.07. The number of allylic oxidation sites excluding steroid dienone is 1. The van der Waals surface area contributed by atoms with E-state index in [1.807, 2.05) is 0 Å². The van der Waals surface area contributed by atoms with Gasteiger partial charge in [0.25, 0.3) is 0 Å². The summed E-state index contributed by atoms with van der Waals surface area (Å²) in [6, 6.07) is 0. The van der Waals surface area contributed by atoms with Crippen molar-refractivity contribution in [1.29, 1.82) is 0 Å². The highest BCUT2D eigenvalue weighted by Gasteiger charge is 2.33. The lowest BCUT2D eigenvalue weighted by Gasteiger charge is -2.21. The maximum Gasteiger partial charge on any atom is 0.306 e. The molecule has 0 saturated heterocycles. The third-order valence-electron chi connectivity index (χ3n) is 9.81. The van der Waals surface area contributed by atoms with Gasteiger partial charge in [0.05, 0.1) is 18.5 Å². The van der Waals surface area contributed by atoms with Gasteiger partial charge in [0.1, 0.15) is 6.10 Å². The van der Waals surface area contributed by atoms with Gasteiger partial charge in [-0.3, -0.25) is 4.79 Å². The Kier molecular flexibility index (Phi) is 29.1. The van der Waals surface area contributed by atoms with Crippen LogP contribution < -0.4 is 0 Å². The topological polar surface area (TPSA) is 59.0 Å². The molecule has 5 heteroatoms. The Morgan fingerprint density at radius 2 is 1.13 bits per heavy atom. The van der Waals surface area contributed by atoms with Crippen molar-refractivity contribution in [3.8, 4) is 0 Å². The van der Waals surface area contributed by atoms with Crippen molar-refractivity contribution in [2.45, 2.75) is 213 Å². The van der Waals surface area contributed by atoms with E-state index in [9.17, 15) is 9.90 Å². The number of ether oxygens (including phenoxy) is 2. The molecule has 0 aliphatic heterocycles. The second-order valence-electron chi connectivity index (χ2n) is 14.5. The van der Waals surface area contributed by atoms with E-state index >= 15 is 0 Å². The number of aliphatic hydroxyl groups excluding tert-OH is 1. The molecule has 1 rings (SSSR count). The van der Waals surface area contributed by atoms with Crippen molar-refractivity contribution in [1.82, 2.24) is 4.90 Å². The number of esters is 1. The molecule has 5 nitrogen and oxygen atoms in total. The van der Waals surface area contributed by atoms with E-state index in [4.69, 9.17) is 9.47 Å². The summed E-state index contributed by atoms with van der Waals surface area (Å²) in [7, 11) is 0. The molecular weight excluding hydrogens is 570 g/mol. The quantitative estimate of drug-likeness (QED) is 0.0416. The van der Waals surface area contributed by atoms with Gasteiger partial charge in [-0.2, -0.15) is 0 Å². The number of carbonyl (C=O) groups excluding carboxylic acids is 1. The summed E-state index contributed by atoms with van der Waals surface area (Å²) in [4.78, 5) is 14.9. The normalized spacial score (nSPS) is 14.5. The standard InChI is InChI=1S/C41H79NO4/c1-5-7-9-11-15-21-27-37(3)45-38(4)28-22-16-13-19-25-33-42(35-36-43)34-26-20-14-18-24-30-41(44)46-40(39-31-32-39)29-23-17-12-10-8-6-2/h37,39-40,43H,4-36H2,1-3H3. The molecular formula is C41H79NO4. The van der Waals surface area contributed by atoms with Crippen molar-refractivity contribution in [2.24, 2.45) is 5.92 Å². The minimum atomic E-state index is 0.0312. The van der Waals surface area contributed by atoms with Crippen molar-refractivity contribution in [2.75, 3.05) is 26.2 Å². The van der Waals surface area contributed by atoms with E-state index in [1.165, 1.54) is 141 Å². The Morgan fingerprint density at radius 3 is 1.67 bits per heavy atom. The fourth-order valence-electron chi connectivity index (χ4n) is 6.63. The van der Waals surface area contributed by atoms with Gasteiger partial charge in [-0.15, -0.1) is 0 Å². The van der Waals surface area contributed by atoms with Gasteiger partial charge in [0, 0.05) is 19.4 Å². The van der Waals surface area contributed by atoms with E-state index in [2.05, 4.69) is 32.3 Å². The second kappa shape index (κ2) is 31.2. The summed E-state index contributed by atoms with van der Waals surface area (Å²) in [5, 5.41) is 9.53. The molecule has 0 aromatic heterocycles. The zero-order valence-corrected chi connectivity index (χ0v) is 31.2. The average molecular weight is 650 g/mol. The van der Waals surface area contributed by atoms with Crippen LogP contribution >= 0.6 is 0 Å². The number of carbonyl (C=O) groups is 1. The first-order chi connectivity index (χ1) is 22.5. The molecule has 1 aliphatic rings. The molecule has 0 spiro atoms. The zero-order valence-electron chi connectivity index (χ0n) is 31.2. The first kappa shape index (κ1) is 43.0. The summed E-state index contributed by atoms with van der Waals surface area (Å²) in [5.74, 6) is 1.64. The van der Waals surface area contributed by atoms with Crippen LogP contribution in [0.25, 0.3) is 0 Å². The summed E-state index contributed by atoms with van der Waals surface area (Å²) >= 11 is 0. The van der Waals surface area contributed by atoms with Gasteiger partial charge in [-0.05, 0) is 90.1 Å². The largest absolute Gasteiger partial charge is 0.496 e. The number of rotatable bonds is 36. The van der Waals surface area contributed by atoms with Crippen molar-refractivity contribution in [3.63, 3.8) is 0 Å². The highest BCUT2D eigenvalue weighted by atomic mass is 16.5. The van der Waals surface area contributed by atoms with Crippen molar-refractivity contribution >= 4 is 5.97 Å². The molecule has 0 amide bonds. The van der Waals surface area contributed by atoms with Gasteiger partial charge in [-0.25, -0.2) is 0 Å². The van der Waals surface area contributed by atoms with E-state index < -0.39 is 0 Å². The Labute approximate surface area is 287 Å². The summed E-state index contributed by atoms with van der Waals surface area (Å²) in [5.41, 5.74) is 0. The van der Waals surface area contributed by atoms with Crippen molar-refractivity contribution < 1.29 is 19.4 Å². The highest BCUT2D eigenvalue weighted by molar-refractivity contribution is 5.69. The summed E-state index contributed by atoms with van der Waals surface area (Å²) in [6.07, 6.45) is 34.3. The SMILES string of the molecule is C=C(CCCCCCCN(CCO)CCCCCCCC(=O)OC(CCCCCCCC)C1CC1)OC(C)CCCCCCCC. The average Bonchev–Trinajstić information content (AvgIpc) is 3.88.